The number of carbonyl (C=O) groups is 2. The summed E-state index contributed by atoms with van der Waals surface area (Å²) < 4.78 is 13.5. The number of nitrogens with zero attached hydrogens (tertiary/aromatic N) is 1. The fraction of sp³-hybridized carbons (Fsp3) is 0.389. The molecule has 5 nitrogen and oxygen atoms in total. The second-order valence-electron chi connectivity index (χ2n) is 5.95. The van der Waals surface area contributed by atoms with Crippen molar-refractivity contribution in [2.75, 3.05) is 6.54 Å². The quantitative estimate of drug-likeness (QED) is 0.831. The Bertz CT molecular complexity index is 752. The number of aryl methyl sites for hydroxylation is 2. The summed E-state index contributed by atoms with van der Waals surface area (Å²) in [5, 5.41) is 6.30. The monoisotopic (exact) mass is 361 g/mol. The van der Waals surface area contributed by atoms with Gasteiger partial charge in [0.25, 0.3) is 5.91 Å². The highest BCUT2D eigenvalue weighted by Crippen LogP contribution is 2.26. The van der Waals surface area contributed by atoms with E-state index < -0.39 is 11.7 Å². The van der Waals surface area contributed by atoms with Gasteiger partial charge in [0, 0.05) is 17.8 Å². The minimum absolute atomic E-state index is 0.0173. The Kier molecular flexibility index (Phi) is 5.75. The predicted molar refractivity (Wildman–Crippen MR) is 94.0 cm³/mol. The lowest BCUT2D eigenvalue weighted by Crippen LogP contribution is -2.30. The fourth-order valence-corrected chi connectivity index (χ4v) is 3.87. The van der Waals surface area contributed by atoms with Gasteiger partial charge in [0.2, 0.25) is 5.91 Å². The van der Waals surface area contributed by atoms with E-state index in [0.29, 0.717) is 6.54 Å². The van der Waals surface area contributed by atoms with Crippen LogP contribution in [0.1, 0.15) is 45.2 Å². The molecule has 0 aliphatic heterocycles. The maximum atomic E-state index is 13.5. The summed E-state index contributed by atoms with van der Waals surface area (Å²) in [4.78, 5) is 29.6. The van der Waals surface area contributed by atoms with Crippen molar-refractivity contribution >= 4 is 23.2 Å². The number of thiazole rings is 1. The molecule has 0 unspecified atom stereocenters. The first kappa shape index (κ1) is 17.5. The number of fused-ring (bicyclic) bond motifs is 1. The number of aromatic nitrogens is 1. The summed E-state index contributed by atoms with van der Waals surface area (Å²) in [6.45, 7) is 0.575. The lowest BCUT2D eigenvalue weighted by molar-refractivity contribution is -0.121. The number of hydrogen-bond donors (Lipinski definition) is 2. The molecule has 0 atom stereocenters. The van der Waals surface area contributed by atoms with Crippen molar-refractivity contribution in [1.29, 1.82) is 0 Å². The molecule has 0 spiro atoms. The van der Waals surface area contributed by atoms with Gasteiger partial charge in [0.1, 0.15) is 10.8 Å². The van der Waals surface area contributed by atoms with Crippen LogP contribution in [0.5, 0.6) is 0 Å². The van der Waals surface area contributed by atoms with Crippen molar-refractivity contribution in [3.05, 3.63) is 51.2 Å². The van der Waals surface area contributed by atoms with Gasteiger partial charge in [-0.15, -0.1) is 11.3 Å². The van der Waals surface area contributed by atoms with Crippen LogP contribution in [0, 0.1) is 5.82 Å². The molecule has 0 saturated carbocycles. The standard InChI is InChI=1S/C18H20FN3O2S/c19-13-6-2-1-5-12(13)18(24)20-10-9-16(23)21-11-17-22-14-7-3-4-8-15(14)25-17/h1-2,5-6H,3-4,7-11H2,(H,20,24)(H,21,23). The van der Waals surface area contributed by atoms with Gasteiger partial charge < -0.3 is 10.6 Å². The van der Waals surface area contributed by atoms with E-state index in [9.17, 15) is 14.0 Å². The molecule has 7 heteroatoms. The van der Waals surface area contributed by atoms with E-state index in [0.717, 1.165) is 17.8 Å². The highest BCUT2D eigenvalue weighted by molar-refractivity contribution is 7.11. The van der Waals surface area contributed by atoms with Crippen molar-refractivity contribution in [2.45, 2.75) is 38.6 Å². The third kappa shape index (κ3) is 4.63. The number of amides is 2. The zero-order valence-corrected chi connectivity index (χ0v) is 14.6. The number of carbonyl (C=O) groups excluding carboxylic acids is 2. The molecule has 3 rings (SSSR count). The van der Waals surface area contributed by atoms with Crippen molar-refractivity contribution in [3.8, 4) is 0 Å². The largest absolute Gasteiger partial charge is 0.351 e. The van der Waals surface area contributed by atoms with Crippen LogP contribution >= 0.6 is 11.3 Å². The van der Waals surface area contributed by atoms with E-state index in [1.165, 1.54) is 41.6 Å². The Labute approximate surface area is 149 Å². The third-order valence-electron chi connectivity index (χ3n) is 4.08. The minimum atomic E-state index is -0.572. The topological polar surface area (TPSA) is 71.1 Å². The minimum Gasteiger partial charge on any atom is -0.351 e. The normalized spacial score (nSPS) is 13.2. The van der Waals surface area contributed by atoms with Gasteiger partial charge in [-0.05, 0) is 37.8 Å². The molecule has 0 fully saturated rings. The third-order valence-corrected chi connectivity index (χ3v) is 5.24. The van der Waals surface area contributed by atoms with Crippen LogP contribution in [0.25, 0.3) is 0 Å². The number of halogens is 1. The number of rotatable bonds is 6. The van der Waals surface area contributed by atoms with Crippen LogP contribution in [0.15, 0.2) is 24.3 Å². The first-order chi connectivity index (χ1) is 12.1. The van der Waals surface area contributed by atoms with Crippen LogP contribution < -0.4 is 10.6 Å². The predicted octanol–water partition coefficient (Wildman–Crippen LogP) is 2.60. The average molecular weight is 361 g/mol. The van der Waals surface area contributed by atoms with Crippen molar-refractivity contribution < 1.29 is 14.0 Å². The van der Waals surface area contributed by atoms with Gasteiger partial charge in [-0.3, -0.25) is 9.59 Å². The van der Waals surface area contributed by atoms with Gasteiger partial charge in [-0.25, -0.2) is 9.37 Å². The second-order valence-corrected chi connectivity index (χ2v) is 7.12. The summed E-state index contributed by atoms with van der Waals surface area (Å²) in [6, 6.07) is 5.76. The van der Waals surface area contributed by atoms with Gasteiger partial charge >= 0.3 is 0 Å². The molecule has 25 heavy (non-hydrogen) atoms. The summed E-state index contributed by atoms with van der Waals surface area (Å²) in [5.41, 5.74) is 1.16. The summed E-state index contributed by atoms with van der Waals surface area (Å²) in [5.74, 6) is -1.25. The fourth-order valence-electron chi connectivity index (χ4n) is 2.77. The highest BCUT2D eigenvalue weighted by Gasteiger charge is 2.15. The summed E-state index contributed by atoms with van der Waals surface area (Å²) in [7, 11) is 0. The summed E-state index contributed by atoms with van der Waals surface area (Å²) >= 11 is 1.67. The molecule has 1 aliphatic rings. The first-order valence-electron chi connectivity index (χ1n) is 8.40. The molecule has 2 amide bonds. The molecule has 0 radical (unpaired) electrons. The van der Waals surface area contributed by atoms with E-state index in [1.807, 2.05) is 0 Å². The van der Waals surface area contributed by atoms with Crippen molar-refractivity contribution in [1.82, 2.24) is 15.6 Å². The van der Waals surface area contributed by atoms with Crippen molar-refractivity contribution in [3.63, 3.8) is 0 Å². The van der Waals surface area contributed by atoms with Gasteiger partial charge in [-0.1, -0.05) is 12.1 Å². The van der Waals surface area contributed by atoms with E-state index >= 15 is 0 Å². The first-order valence-corrected chi connectivity index (χ1v) is 9.22. The molecular weight excluding hydrogens is 341 g/mol. The SMILES string of the molecule is O=C(CCNC(=O)c1ccccc1F)NCc1nc2c(s1)CCCC2. The Morgan fingerprint density at radius 1 is 1.16 bits per heavy atom. The molecule has 0 bridgehead atoms. The van der Waals surface area contributed by atoms with Crippen LogP contribution in [0.2, 0.25) is 0 Å². The van der Waals surface area contributed by atoms with E-state index in [1.54, 1.807) is 17.4 Å². The Balaban J connectivity index is 1.40. The molecule has 2 N–H and O–H groups in total. The molecule has 1 aromatic heterocycles. The molecule has 1 heterocycles. The zero-order valence-electron chi connectivity index (χ0n) is 13.8. The van der Waals surface area contributed by atoms with E-state index in [-0.39, 0.29) is 24.4 Å². The van der Waals surface area contributed by atoms with Crippen LogP contribution in [-0.2, 0) is 24.2 Å². The molecule has 0 saturated heterocycles. The van der Waals surface area contributed by atoms with Gasteiger partial charge in [0.15, 0.2) is 0 Å². The maximum Gasteiger partial charge on any atom is 0.254 e. The smallest absolute Gasteiger partial charge is 0.254 e. The van der Waals surface area contributed by atoms with E-state index in [4.69, 9.17) is 0 Å². The van der Waals surface area contributed by atoms with Crippen LogP contribution in [-0.4, -0.2) is 23.3 Å². The molecule has 132 valence electrons. The number of hydrogen-bond acceptors (Lipinski definition) is 4. The molecule has 1 aliphatic carbocycles. The Hall–Kier alpha value is -2.28. The maximum absolute atomic E-state index is 13.5. The highest BCUT2D eigenvalue weighted by atomic mass is 32.1. The van der Waals surface area contributed by atoms with Crippen LogP contribution in [0.4, 0.5) is 4.39 Å². The van der Waals surface area contributed by atoms with Gasteiger partial charge in [0.05, 0.1) is 17.8 Å². The molecular formula is C18H20FN3O2S. The Morgan fingerprint density at radius 3 is 2.76 bits per heavy atom. The lowest BCUT2D eigenvalue weighted by atomic mass is 10.0. The number of benzene rings is 1. The Morgan fingerprint density at radius 2 is 1.96 bits per heavy atom. The van der Waals surface area contributed by atoms with E-state index in [2.05, 4.69) is 15.6 Å². The zero-order chi connectivity index (χ0) is 17.6. The summed E-state index contributed by atoms with van der Waals surface area (Å²) in [6.07, 6.45) is 4.66. The molecule has 1 aromatic carbocycles. The van der Waals surface area contributed by atoms with Gasteiger partial charge in [-0.2, -0.15) is 0 Å². The number of nitrogens with one attached hydrogen (secondary N) is 2. The van der Waals surface area contributed by atoms with Crippen LogP contribution in [0.3, 0.4) is 0 Å². The lowest BCUT2D eigenvalue weighted by Gasteiger charge is -2.06. The second kappa shape index (κ2) is 8.20. The average Bonchev–Trinajstić information content (AvgIpc) is 3.03. The van der Waals surface area contributed by atoms with Crippen molar-refractivity contribution in [2.24, 2.45) is 0 Å². The molecule has 2 aromatic rings.